The number of anilines is 2. The van der Waals surface area contributed by atoms with Crippen LogP contribution in [0.15, 0.2) is 18.2 Å². The normalized spacial score (nSPS) is 22.9. The third kappa shape index (κ3) is 1.88. The summed E-state index contributed by atoms with van der Waals surface area (Å²) in [5, 5.41) is 0. The highest BCUT2D eigenvalue weighted by molar-refractivity contribution is 7.92. The van der Waals surface area contributed by atoms with Gasteiger partial charge in [0.25, 0.3) is 0 Å². The van der Waals surface area contributed by atoms with Crippen LogP contribution in [0.5, 0.6) is 0 Å². The highest BCUT2D eigenvalue weighted by Gasteiger charge is 2.38. The third-order valence-corrected chi connectivity index (χ3v) is 5.38. The summed E-state index contributed by atoms with van der Waals surface area (Å²) in [7, 11) is -2.76. The fraction of sp³-hybridized carbons (Fsp3) is 0.500. The van der Waals surface area contributed by atoms with Gasteiger partial charge in [0, 0.05) is 17.9 Å². The maximum absolute atomic E-state index is 11.3. The maximum Gasteiger partial charge on any atom is 0.154 e. The van der Waals surface area contributed by atoms with Gasteiger partial charge in [-0.25, -0.2) is 8.42 Å². The number of sulfone groups is 1. The molecule has 2 aliphatic rings. The predicted octanol–water partition coefficient (Wildman–Crippen LogP) is 0.818. The van der Waals surface area contributed by atoms with E-state index in [1.165, 1.54) is 11.3 Å². The first kappa shape index (κ1) is 10.9. The lowest BCUT2D eigenvalue weighted by molar-refractivity contribution is 0.537. The van der Waals surface area contributed by atoms with Gasteiger partial charge < -0.3 is 10.6 Å². The molecule has 0 aliphatic carbocycles. The quantitative estimate of drug-likeness (QED) is 0.752. The van der Waals surface area contributed by atoms with E-state index in [4.69, 9.17) is 5.73 Å². The third-order valence-electron chi connectivity index (χ3n) is 3.59. The molecule has 5 heteroatoms. The second kappa shape index (κ2) is 3.63. The van der Waals surface area contributed by atoms with E-state index in [-0.39, 0.29) is 6.04 Å². The Morgan fingerprint density at radius 3 is 2.76 bits per heavy atom. The zero-order chi connectivity index (χ0) is 12.0. The standard InChI is InChI=1S/C12H16N2O2S/c13-10-3-4-12-9(6-10)2-1-5-14(12)11-7-17(15,16)8-11/h3-4,6,11H,1-2,5,7-8,13H2. The number of nitrogens with zero attached hydrogens (tertiary/aromatic N) is 1. The molecule has 2 N–H and O–H groups in total. The first-order valence-corrected chi connectivity index (χ1v) is 7.73. The average Bonchev–Trinajstić information content (AvgIpc) is 2.24. The van der Waals surface area contributed by atoms with Crippen LogP contribution in [0.4, 0.5) is 11.4 Å². The molecule has 0 unspecified atom stereocenters. The molecule has 2 heterocycles. The Morgan fingerprint density at radius 2 is 2.06 bits per heavy atom. The van der Waals surface area contributed by atoms with Crippen molar-refractivity contribution in [2.24, 2.45) is 0 Å². The van der Waals surface area contributed by atoms with Gasteiger partial charge in [0.2, 0.25) is 0 Å². The first-order chi connectivity index (χ1) is 8.05. The van der Waals surface area contributed by atoms with Gasteiger partial charge in [-0.3, -0.25) is 0 Å². The molecule has 2 aliphatic heterocycles. The lowest BCUT2D eigenvalue weighted by atomic mass is 10.00. The summed E-state index contributed by atoms with van der Waals surface area (Å²) in [5.41, 5.74) is 8.98. The maximum atomic E-state index is 11.3. The van der Waals surface area contributed by atoms with Crippen LogP contribution in [0.2, 0.25) is 0 Å². The van der Waals surface area contributed by atoms with Crippen LogP contribution in [0.25, 0.3) is 0 Å². The molecule has 1 aromatic carbocycles. The number of fused-ring (bicyclic) bond motifs is 1. The average molecular weight is 252 g/mol. The SMILES string of the molecule is Nc1ccc2c(c1)CCCN2C1CS(=O)(=O)C1. The Kier molecular flexibility index (Phi) is 2.33. The van der Waals surface area contributed by atoms with Crippen LogP contribution in [-0.4, -0.2) is 32.5 Å². The molecule has 0 atom stereocenters. The van der Waals surface area contributed by atoms with Crippen molar-refractivity contribution < 1.29 is 8.42 Å². The number of nitrogen functional groups attached to an aromatic ring is 1. The molecule has 0 amide bonds. The van der Waals surface area contributed by atoms with E-state index in [1.807, 2.05) is 18.2 Å². The topological polar surface area (TPSA) is 63.4 Å². The number of hydrogen-bond acceptors (Lipinski definition) is 4. The molecule has 0 radical (unpaired) electrons. The van der Waals surface area contributed by atoms with E-state index in [0.29, 0.717) is 11.5 Å². The van der Waals surface area contributed by atoms with E-state index in [1.54, 1.807) is 0 Å². The number of rotatable bonds is 1. The summed E-state index contributed by atoms with van der Waals surface area (Å²) < 4.78 is 22.5. The van der Waals surface area contributed by atoms with Gasteiger partial charge in [-0.05, 0) is 36.6 Å². The van der Waals surface area contributed by atoms with Gasteiger partial charge >= 0.3 is 0 Å². The van der Waals surface area contributed by atoms with Crippen LogP contribution < -0.4 is 10.6 Å². The Morgan fingerprint density at radius 1 is 1.29 bits per heavy atom. The second-order valence-corrected chi connectivity index (χ2v) is 7.07. The molecular formula is C12H16N2O2S. The van der Waals surface area contributed by atoms with Crippen LogP contribution in [0, 0.1) is 0 Å². The minimum Gasteiger partial charge on any atom is -0.399 e. The summed E-state index contributed by atoms with van der Waals surface area (Å²) in [6, 6.07) is 6.09. The fourth-order valence-electron chi connectivity index (χ4n) is 2.74. The molecule has 1 saturated heterocycles. The molecule has 4 nitrogen and oxygen atoms in total. The zero-order valence-corrected chi connectivity index (χ0v) is 10.4. The van der Waals surface area contributed by atoms with Crippen LogP contribution >= 0.6 is 0 Å². The number of nitrogens with two attached hydrogens (primary N) is 1. The molecule has 17 heavy (non-hydrogen) atoms. The Bertz CT molecular complexity index is 542. The summed E-state index contributed by atoms with van der Waals surface area (Å²) in [6.45, 7) is 0.955. The van der Waals surface area contributed by atoms with Gasteiger partial charge in [-0.15, -0.1) is 0 Å². The monoisotopic (exact) mass is 252 g/mol. The van der Waals surface area contributed by atoms with E-state index in [0.717, 1.165) is 25.1 Å². The van der Waals surface area contributed by atoms with E-state index in [9.17, 15) is 8.42 Å². The molecule has 92 valence electrons. The van der Waals surface area contributed by atoms with Crippen molar-refractivity contribution in [2.45, 2.75) is 18.9 Å². The van der Waals surface area contributed by atoms with Gasteiger partial charge in [-0.1, -0.05) is 0 Å². The van der Waals surface area contributed by atoms with Crippen molar-refractivity contribution in [2.75, 3.05) is 28.7 Å². The van der Waals surface area contributed by atoms with Gasteiger partial charge in [0.05, 0.1) is 17.5 Å². The number of benzene rings is 1. The Labute approximate surface area is 101 Å². The highest BCUT2D eigenvalue weighted by atomic mass is 32.2. The fourth-order valence-corrected chi connectivity index (χ4v) is 4.18. The van der Waals surface area contributed by atoms with Crippen LogP contribution in [0.3, 0.4) is 0 Å². The van der Waals surface area contributed by atoms with E-state index >= 15 is 0 Å². The van der Waals surface area contributed by atoms with Gasteiger partial charge in [0.15, 0.2) is 9.84 Å². The smallest absolute Gasteiger partial charge is 0.154 e. The minimum absolute atomic E-state index is 0.169. The lowest BCUT2D eigenvalue weighted by Gasteiger charge is -2.42. The van der Waals surface area contributed by atoms with Gasteiger partial charge in [0.1, 0.15) is 0 Å². The van der Waals surface area contributed by atoms with Crippen LogP contribution in [-0.2, 0) is 16.3 Å². The Hall–Kier alpha value is -1.23. The van der Waals surface area contributed by atoms with Crippen molar-refractivity contribution >= 4 is 21.2 Å². The predicted molar refractivity (Wildman–Crippen MR) is 69.0 cm³/mol. The van der Waals surface area contributed by atoms with Gasteiger partial charge in [-0.2, -0.15) is 0 Å². The zero-order valence-electron chi connectivity index (χ0n) is 9.59. The molecule has 0 saturated carbocycles. The Balaban J connectivity index is 1.90. The van der Waals surface area contributed by atoms with Crippen LogP contribution in [0.1, 0.15) is 12.0 Å². The van der Waals surface area contributed by atoms with Crippen molar-refractivity contribution in [3.8, 4) is 0 Å². The second-order valence-electron chi connectivity index (χ2n) is 4.92. The molecule has 1 fully saturated rings. The van der Waals surface area contributed by atoms with E-state index in [2.05, 4.69) is 4.90 Å². The minimum atomic E-state index is -2.76. The molecule has 1 aromatic rings. The molecule has 0 bridgehead atoms. The number of hydrogen-bond donors (Lipinski definition) is 1. The lowest BCUT2D eigenvalue weighted by Crippen LogP contribution is -2.54. The van der Waals surface area contributed by atoms with Crippen molar-refractivity contribution in [1.82, 2.24) is 0 Å². The molecule has 0 aromatic heterocycles. The summed E-state index contributed by atoms with van der Waals surface area (Å²) in [5.74, 6) is 0.605. The van der Waals surface area contributed by atoms with Crippen molar-refractivity contribution in [3.05, 3.63) is 23.8 Å². The molecule has 0 spiro atoms. The van der Waals surface area contributed by atoms with Crippen molar-refractivity contribution in [1.29, 1.82) is 0 Å². The van der Waals surface area contributed by atoms with E-state index < -0.39 is 9.84 Å². The first-order valence-electron chi connectivity index (χ1n) is 5.91. The van der Waals surface area contributed by atoms with Crippen molar-refractivity contribution in [3.63, 3.8) is 0 Å². The summed E-state index contributed by atoms with van der Waals surface area (Å²) in [6.07, 6.45) is 2.11. The summed E-state index contributed by atoms with van der Waals surface area (Å²) in [4.78, 5) is 2.24. The highest BCUT2D eigenvalue weighted by Crippen LogP contribution is 2.33. The molecule has 3 rings (SSSR count). The molecular weight excluding hydrogens is 236 g/mol. The summed E-state index contributed by atoms with van der Waals surface area (Å²) >= 11 is 0. The largest absolute Gasteiger partial charge is 0.399 e. The number of aryl methyl sites for hydroxylation is 1.